The summed E-state index contributed by atoms with van der Waals surface area (Å²) in [6, 6.07) is 4.23. The number of pyridine rings is 1. The van der Waals surface area contributed by atoms with Crippen LogP contribution in [0.5, 0.6) is 0 Å². The van der Waals surface area contributed by atoms with Crippen LogP contribution in [0.4, 0.5) is 10.8 Å². The SMILES string of the molecule is Nc1nsc(NC2CCOC2)c1-c1ccncc1. The van der Waals surface area contributed by atoms with Gasteiger partial charge in [0.25, 0.3) is 0 Å². The summed E-state index contributed by atoms with van der Waals surface area (Å²) in [6.45, 7) is 1.56. The molecule has 0 saturated carbocycles. The number of nitrogens with one attached hydrogen (secondary N) is 1. The van der Waals surface area contributed by atoms with E-state index in [1.807, 2.05) is 12.1 Å². The molecule has 18 heavy (non-hydrogen) atoms. The molecule has 0 bridgehead atoms. The van der Waals surface area contributed by atoms with Crippen molar-refractivity contribution in [3.05, 3.63) is 24.5 Å². The van der Waals surface area contributed by atoms with E-state index < -0.39 is 0 Å². The van der Waals surface area contributed by atoms with Gasteiger partial charge in [0.1, 0.15) is 10.8 Å². The van der Waals surface area contributed by atoms with Crippen LogP contribution < -0.4 is 11.1 Å². The van der Waals surface area contributed by atoms with Gasteiger partial charge in [0, 0.05) is 19.0 Å². The molecule has 2 aromatic rings. The molecule has 3 rings (SSSR count). The summed E-state index contributed by atoms with van der Waals surface area (Å²) < 4.78 is 9.59. The molecule has 0 amide bonds. The molecule has 1 atom stereocenters. The molecular weight excluding hydrogens is 248 g/mol. The van der Waals surface area contributed by atoms with Gasteiger partial charge in [0.2, 0.25) is 0 Å². The largest absolute Gasteiger partial charge is 0.382 e. The molecule has 0 aliphatic carbocycles. The van der Waals surface area contributed by atoms with Gasteiger partial charge in [0.05, 0.1) is 18.2 Å². The van der Waals surface area contributed by atoms with Gasteiger partial charge < -0.3 is 15.8 Å². The van der Waals surface area contributed by atoms with E-state index in [1.165, 1.54) is 11.5 Å². The van der Waals surface area contributed by atoms with Crippen LogP contribution in [0, 0.1) is 0 Å². The predicted molar refractivity (Wildman–Crippen MR) is 72.6 cm³/mol. The Labute approximate surface area is 109 Å². The fraction of sp³-hybridized carbons (Fsp3) is 0.333. The van der Waals surface area contributed by atoms with E-state index >= 15 is 0 Å². The molecule has 0 aromatic carbocycles. The standard InChI is InChI=1S/C12H14N4OS/c13-11-10(8-1-4-14-5-2-8)12(18-16-11)15-9-3-6-17-7-9/h1-2,4-5,9,15H,3,6-7H2,(H2,13,16). The van der Waals surface area contributed by atoms with Crippen molar-refractivity contribution in [3.8, 4) is 11.1 Å². The van der Waals surface area contributed by atoms with Crippen LogP contribution in [0.2, 0.25) is 0 Å². The Bertz CT molecular complexity index is 522. The monoisotopic (exact) mass is 262 g/mol. The second-order valence-electron chi connectivity index (χ2n) is 4.21. The first-order valence-electron chi connectivity index (χ1n) is 5.84. The Balaban J connectivity index is 1.91. The van der Waals surface area contributed by atoms with Crippen molar-refractivity contribution in [1.29, 1.82) is 0 Å². The van der Waals surface area contributed by atoms with Gasteiger partial charge in [-0.15, -0.1) is 0 Å². The molecule has 1 unspecified atom stereocenters. The van der Waals surface area contributed by atoms with Crippen LogP contribution >= 0.6 is 11.5 Å². The number of aromatic nitrogens is 2. The topological polar surface area (TPSA) is 73.1 Å². The number of hydrogen-bond donors (Lipinski definition) is 2. The molecule has 1 aliphatic rings. The molecule has 94 valence electrons. The molecule has 1 aliphatic heterocycles. The number of anilines is 2. The van der Waals surface area contributed by atoms with Crippen LogP contribution in [0.1, 0.15) is 6.42 Å². The van der Waals surface area contributed by atoms with Gasteiger partial charge in [-0.25, -0.2) is 0 Å². The second kappa shape index (κ2) is 4.91. The summed E-state index contributed by atoms with van der Waals surface area (Å²) in [5.74, 6) is 0.563. The van der Waals surface area contributed by atoms with Gasteiger partial charge in [0.15, 0.2) is 0 Å². The maximum atomic E-state index is 5.96. The number of nitrogen functional groups attached to an aromatic ring is 1. The van der Waals surface area contributed by atoms with Crippen molar-refractivity contribution in [3.63, 3.8) is 0 Å². The van der Waals surface area contributed by atoms with Crippen molar-refractivity contribution in [1.82, 2.24) is 9.36 Å². The smallest absolute Gasteiger partial charge is 0.147 e. The summed E-state index contributed by atoms with van der Waals surface area (Å²) >= 11 is 1.40. The normalized spacial score (nSPS) is 19.0. The lowest BCUT2D eigenvalue weighted by molar-refractivity contribution is 0.195. The summed E-state index contributed by atoms with van der Waals surface area (Å²) in [5.41, 5.74) is 7.96. The maximum Gasteiger partial charge on any atom is 0.147 e. The average molecular weight is 262 g/mol. The predicted octanol–water partition coefficient (Wildman–Crippen LogP) is 1.99. The average Bonchev–Trinajstić information content (AvgIpc) is 3.02. The molecule has 0 radical (unpaired) electrons. The summed E-state index contributed by atoms with van der Waals surface area (Å²) in [5, 5.41) is 4.47. The molecule has 6 heteroatoms. The molecule has 2 aromatic heterocycles. The Morgan fingerprint density at radius 3 is 2.94 bits per heavy atom. The summed E-state index contributed by atoms with van der Waals surface area (Å²) in [6.07, 6.45) is 4.54. The number of hydrogen-bond acceptors (Lipinski definition) is 6. The minimum absolute atomic E-state index is 0.352. The zero-order valence-corrected chi connectivity index (χ0v) is 10.6. The lowest BCUT2D eigenvalue weighted by atomic mass is 10.1. The summed E-state index contributed by atoms with van der Waals surface area (Å²) in [4.78, 5) is 4.02. The fourth-order valence-corrected chi connectivity index (χ4v) is 2.85. The summed E-state index contributed by atoms with van der Waals surface area (Å²) in [7, 11) is 0. The van der Waals surface area contributed by atoms with Gasteiger partial charge in [-0.2, -0.15) is 4.37 Å². The molecule has 3 heterocycles. The van der Waals surface area contributed by atoms with E-state index in [-0.39, 0.29) is 0 Å². The lowest BCUT2D eigenvalue weighted by Gasteiger charge is -2.11. The highest BCUT2D eigenvalue weighted by Crippen LogP contribution is 2.37. The number of nitrogens with two attached hydrogens (primary N) is 1. The molecular formula is C12H14N4OS. The van der Waals surface area contributed by atoms with E-state index in [9.17, 15) is 0 Å². The highest BCUT2D eigenvalue weighted by Gasteiger charge is 2.20. The van der Waals surface area contributed by atoms with E-state index in [0.29, 0.717) is 11.9 Å². The van der Waals surface area contributed by atoms with Crippen molar-refractivity contribution < 1.29 is 4.74 Å². The molecule has 5 nitrogen and oxygen atoms in total. The minimum atomic E-state index is 0.352. The highest BCUT2D eigenvalue weighted by molar-refractivity contribution is 7.11. The van der Waals surface area contributed by atoms with E-state index in [4.69, 9.17) is 10.5 Å². The van der Waals surface area contributed by atoms with Crippen LogP contribution in [0.3, 0.4) is 0 Å². The number of rotatable bonds is 3. The Kier molecular flexibility index (Phi) is 3.12. The van der Waals surface area contributed by atoms with Crippen LogP contribution in [-0.4, -0.2) is 28.6 Å². The first kappa shape index (κ1) is 11.4. The molecule has 3 N–H and O–H groups in total. The Morgan fingerprint density at radius 1 is 1.39 bits per heavy atom. The first-order valence-corrected chi connectivity index (χ1v) is 6.62. The van der Waals surface area contributed by atoms with Gasteiger partial charge >= 0.3 is 0 Å². The van der Waals surface area contributed by atoms with Crippen molar-refractivity contribution in [2.24, 2.45) is 0 Å². The van der Waals surface area contributed by atoms with Gasteiger partial charge in [-0.05, 0) is 35.6 Å². The van der Waals surface area contributed by atoms with Crippen LogP contribution in [-0.2, 0) is 4.74 Å². The second-order valence-corrected chi connectivity index (χ2v) is 4.99. The molecule has 1 fully saturated rings. The highest BCUT2D eigenvalue weighted by atomic mass is 32.1. The zero-order valence-electron chi connectivity index (χ0n) is 9.80. The number of nitrogens with zero attached hydrogens (tertiary/aromatic N) is 2. The third-order valence-electron chi connectivity index (χ3n) is 2.95. The zero-order chi connectivity index (χ0) is 12.4. The Hall–Kier alpha value is -1.66. The lowest BCUT2D eigenvalue weighted by Crippen LogP contribution is -2.18. The fourth-order valence-electron chi connectivity index (χ4n) is 2.03. The van der Waals surface area contributed by atoms with Gasteiger partial charge in [-0.3, -0.25) is 4.98 Å². The first-order chi connectivity index (χ1) is 8.84. The van der Waals surface area contributed by atoms with Crippen molar-refractivity contribution in [2.45, 2.75) is 12.5 Å². The third kappa shape index (κ3) is 2.16. The van der Waals surface area contributed by atoms with Crippen LogP contribution in [0.15, 0.2) is 24.5 Å². The van der Waals surface area contributed by atoms with Crippen molar-refractivity contribution >= 4 is 22.4 Å². The third-order valence-corrected chi connectivity index (χ3v) is 3.74. The van der Waals surface area contributed by atoms with E-state index in [0.717, 1.165) is 35.8 Å². The minimum Gasteiger partial charge on any atom is -0.382 e. The maximum absolute atomic E-state index is 5.96. The number of ether oxygens (including phenoxy) is 1. The van der Waals surface area contributed by atoms with Crippen LogP contribution in [0.25, 0.3) is 11.1 Å². The quantitative estimate of drug-likeness (QED) is 0.885. The molecule has 0 spiro atoms. The van der Waals surface area contributed by atoms with E-state index in [1.54, 1.807) is 12.4 Å². The Morgan fingerprint density at radius 2 is 2.22 bits per heavy atom. The van der Waals surface area contributed by atoms with Crippen molar-refractivity contribution in [2.75, 3.05) is 24.3 Å². The van der Waals surface area contributed by atoms with Gasteiger partial charge in [-0.1, -0.05) is 0 Å². The molecule has 1 saturated heterocycles. The van der Waals surface area contributed by atoms with E-state index in [2.05, 4.69) is 14.7 Å².